The number of aromatic nitrogens is 2. The maximum atomic E-state index is 4.79. The Bertz CT molecular complexity index is 410. The summed E-state index contributed by atoms with van der Waals surface area (Å²) in [5, 5.41) is 8.46. The monoisotopic (exact) mass is 276 g/mol. The largest absolute Gasteiger partial charge is 0.312 e. The Labute approximate surface area is 122 Å². The standard InChI is InChI=1S/C16H28N4/c1-3-15(4-2)20-9-7-14(18-20)11-19-10-13-6-5-8-17-16(13)12-19/h7,9,13,15-17H,3-6,8,10-12H2,1-2H3. The summed E-state index contributed by atoms with van der Waals surface area (Å²) in [6, 6.07) is 3.49. The Morgan fingerprint density at radius 2 is 2.20 bits per heavy atom. The van der Waals surface area contributed by atoms with Crippen molar-refractivity contribution < 1.29 is 0 Å². The van der Waals surface area contributed by atoms with Crippen molar-refractivity contribution in [3.05, 3.63) is 18.0 Å². The number of likely N-dealkylation sites (tertiary alicyclic amines) is 1. The van der Waals surface area contributed by atoms with Crippen LogP contribution in [-0.2, 0) is 6.54 Å². The summed E-state index contributed by atoms with van der Waals surface area (Å²) in [4.78, 5) is 2.58. The van der Waals surface area contributed by atoms with Gasteiger partial charge in [-0.3, -0.25) is 9.58 Å². The van der Waals surface area contributed by atoms with Crippen molar-refractivity contribution in [2.75, 3.05) is 19.6 Å². The van der Waals surface area contributed by atoms with Gasteiger partial charge < -0.3 is 5.32 Å². The van der Waals surface area contributed by atoms with Gasteiger partial charge in [0.25, 0.3) is 0 Å². The van der Waals surface area contributed by atoms with E-state index in [1.54, 1.807) is 0 Å². The van der Waals surface area contributed by atoms with Gasteiger partial charge in [0.05, 0.1) is 11.7 Å². The minimum absolute atomic E-state index is 0.562. The molecule has 1 aromatic heterocycles. The third-order valence-electron chi connectivity index (χ3n) is 5.04. The summed E-state index contributed by atoms with van der Waals surface area (Å²) in [6.45, 7) is 9.15. The van der Waals surface area contributed by atoms with E-state index in [0.29, 0.717) is 6.04 Å². The maximum Gasteiger partial charge on any atom is 0.0764 e. The van der Waals surface area contributed by atoms with E-state index in [0.717, 1.165) is 31.3 Å². The summed E-state index contributed by atoms with van der Waals surface area (Å²) in [6.07, 6.45) is 7.23. The molecule has 1 aromatic rings. The molecule has 2 aliphatic heterocycles. The number of rotatable bonds is 5. The lowest BCUT2D eigenvalue weighted by molar-refractivity contribution is 0.306. The Morgan fingerprint density at radius 1 is 1.35 bits per heavy atom. The zero-order valence-electron chi connectivity index (χ0n) is 12.9. The average molecular weight is 276 g/mol. The van der Waals surface area contributed by atoms with Crippen molar-refractivity contribution in [1.29, 1.82) is 0 Å². The summed E-state index contributed by atoms with van der Waals surface area (Å²) in [7, 11) is 0. The number of hydrogen-bond donors (Lipinski definition) is 1. The van der Waals surface area contributed by atoms with Gasteiger partial charge in [-0.2, -0.15) is 5.10 Å². The molecule has 0 amide bonds. The molecule has 20 heavy (non-hydrogen) atoms. The molecule has 3 rings (SSSR count). The topological polar surface area (TPSA) is 33.1 Å². The molecule has 2 aliphatic rings. The van der Waals surface area contributed by atoms with Crippen LogP contribution in [0.25, 0.3) is 0 Å². The zero-order chi connectivity index (χ0) is 13.9. The fourth-order valence-corrected chi connectivity index (χ4v) is 3.82. The zero-order valence-corrected chi connectivity index (χ0v) is 12.9. The number of fused-ring (bicyclic) bond motifs is 1. The van der Waals surface area contributed by atoms with E-state index in [1.165, 1.54) is 38.2 Å². The normalized spacial score (nSPS) is 27.1. The van der Waals surface area contributed by atoms with Crippen molar-refractivity contribution >= 4 is 0 Å². The van der Waals surface area contributed by atoms with E-state index >= 15 is 0 Å². The molecular formula is C16H28N4. The first-order valence-electron chi connectivity index (χ1n) is 8.30. The highest BCUT2D eigenvalue weighted by Gasteiger charge is 2.34. The van der Waals surface area contributed by atoms with Crippen LogP contribution in [0.15, 0.2) is 12.3 Å². The van der Waals surface area contributed by atoms with Crippen molar-refractivity contribution in [1.82, 2.24) is 20.0 Å². The highest BCUT2D eigenvalue weighted by molar-refractivity contribution is 5.02. The molecule has 0 saturated carbocycles. The van der Waals surface area contributed by atoms with Crippen LogP contribution in [0.2, 0.25) is 0 Å². The Morgan fingerprint density at radius 3 is 2.95 bits per heavy atom. The van der Waals surface area contributed by atoms with Gasteiger partial charge in [-0.15, -0.1) is 0 Å². The molecule has 0 spiro atoms. The molecule has 2 fully saturated rings. The van der Waals surface area contributed by atoms with Crippen LogP contribution in [0.3, 0.4) is 0 Å². The molecule has 1 N–H and O–H groups in total. The highest BCUT2D eigenvalue weighted by atomic mass is 15.3. The van der Waals surface area contributed by atoms with Crippen molar-refractivity contribution in [3.8, 4) is 0 Å². The first-order chi connectivity index (χ1) is 9.80. The molecular weight excluding hydrogens is 248 g/mol. The van der Waals surface area contributed by atoms with Gasteiger partial charge in [0.2, 0.25) is 0 Å². The van der Waals surface area contributed by atoms with Crippen LogP contribution in [-0.4, -0.2) is 40.4 Å². The van der Waals surface area contributed by atoms with Gasteiger partial charge in [-0.05, 0) is 44.2 Å². The SMILES string of the molecule is CCC(CC)n1ccc(CN2CC3CCCNC3C2)n1. The summed E-state index contributed by atoms with van der Waals surface area (Å²) >= 11 is 0. The number of nitrogens with one attached hydrogen (secondary N) is 1. The van der Waals surface area contributed by atoms with Gasteiger partial charge in [-0.1, -0.05) is 13.8 Å². The molecule has 112 valence electrons. The lowest BCUT2D eigenvalue weighted by Crippen LogP contribution is -2.40. The van der Waals surface area contributed by atoms with Crippen molar-refractivity contribution in [3.63, 3.8) is 0 Å². The molecule has 2 atom stereocenters. The smallest absolute Gasteiger partial charge is 0.0764 e. The number of piperidine rings is 1. The Hall–Kier alpha value is -0.870. The molecule has 0 radical (unpaired) electrons. The first-order valence-corrected chi connectivity index (χ1v) is 8.30. The molecule has 0 aromatic carbocycles. The van der Waals surface area contributed by atoms with E-state index in [4.69, 9.17) is 5.10 Å². The summed E-state index contributed by atoms with van der Waals surface area (Å²) in [5.41, 5.74) is 1.23. The predicted octanol–water partition coefficient (Wildman–Crippen LogP) is 2.43. The van der Waals surface area contributed by atoms with Gasteiger partial charge in [0, 0.05) is 31.9 Å². The van der Waals surface area contributed by atoms with Crippen molar-refractivity contribution in [2.45, 2.75) is 58.2 Å². The Balaban J connectivity index is 1.58. The lowest BCUT2D eigenvalue weighted by Gasteiger charge is -2.24. The van der Waals surface area contributed by atoms with Crippen LogP contribution in [0.1, 0.15) is 51.3 Å². The van der Waals surface area contributed by atoms with Gasteiger partial charge >= 0.3 is 0 Å². The summed E-state index contributed by atoms with van der Waals surface area (Å²) in [5.74, 6) is 0.866. The molecule has 4 nitrogen and oxygen atoms in total. The lowest BCUT2D eigenvalue weighted by atomic mass is 9.94. The van der Waals surface area contributed by atoms with Crippen LogP contribution in [0, 0.1) is 5.92 Å². The molecule has 2 saturated heterocycles. The molecule has 2 unspecified atom stereocenters. The van der Waals surface area contributed by atoms with Gasteiger partial charge in [0.15, 0.2) is 0 Å². The fourth-order valence-electron chi connectivity index (χ4n) is 3.82. The molecule has 3 heterocycles. The first kappa shape index (κ1) is 14.1. The van der Waals surface area contributed by atoms with Crippen LogP contribution >= 0.6 is 0 Å². The number of nitrogens with zero attached hydrogens (tertiary/aromatic N) is 3. The van der Waals surface area contributed by atoms with Gasteiger partial charge in [-0.25, -0.2) is 0 Å². The minimum atomic E-state index is 0.562. The third-order valence-corrected chi connectivity index (χ3v) is 5.04. The minimum Gasteiger partial charge on any atom is -0.312 e. The fraction of sp³-hybridized carbons (Fsp3) is 0.812. The molecule has 0 aliphatic carbocycles. The Kier molecular flexibility index (Phi) is 4.41. The van der Waals surface area contributed by atoms with E-state index in [2.05, 4.69) is 41.0 Å². The van der Waals surface area contributed by atoms with Crippen LogP contribution in [0.5, 0.6) is 0 Å². The average Bonchev–Trinajstić information content (AvgIpc) is 3.07. The van der Waals surface area contributed by atoms with Crippen molar-refractivity contribution in [2.24, 2.45) is 5.92 Å². The number of hydrogen-bond acceptors (Lipinski definition) is 3. The van der Waals surface area contributed by atoms with E-state index in [-0.39, 0.29) is 0 Å². The highest BCUT2D eigenvalue weighted by Crippen LogP contribution is 2.26. The predicted molar refractivity (Wildman–Crippen MR) is 81.6 cm³/mol. The van der Waals surface area contributed by atoms with E-state index in [9.17, 15) is 0 Å². The second-order valence-corrected chi connectivity index (χ2v) is 6.41. The maximum absolute atomic E-state index is 4.79. The van der Waals surface area contributed by atoms with Gasteiger partial charge in [0.1, 0.15) is 0 Å². The quantitative estimate of drug-likeness (QED) is 0.896. The molecule has 0 bridgehead atoms. The summed E-state index contributed by atoms with van der Waals surface area (Å²) < 4.78 is 2.16. The van der Waals surface area contributed by atoms with E-state index in [1.807, 2.05) is 0 Å². The second-order valence-electron chi connectivity index (χ2n) is 6.41. The third kappa shape index (κ3) is 2.91. The van der Waals surface area contributed by atoms with E-state index < -0.39 is 0 Å². The second kappa shape index (κ2) is 6.27. The van der Waals surface area contributed by atoms with Crippen LogP contribution < -0.4 is 5.32 Å². The molecule has 4 heteroatoms. The van der Waals surface area contributed by atoms with Crippen LogP contribution in [0.4, 0.5) is 0 Å².